The predicted octanol–water partition coefficient (Wildman–Crippen LogP) is 0.425. The molecule has 0 aromatic rings. The third-order valence-corrected chi connectivity index (χ3v) is 0.694. The Balaban J connectivity index is 2.45. The molecule has 1 aliphatic rings. The van der Waals surface area contributed by atoms with Gasteiger partial charge in [0.2, 0.25) is 0 Å². The van der Waals surface area contributed by atoms with Crippen molar-refractivity contribution in [3.8, 4) is 0 Å². The van der Waals surface area contributed by atoms with Gasteiger partial charge in [-0.1, -0.05) is 0 Å². The highest BCUT2D eigenvalue weighted by Gasteiger charge is 1.94. The molecule has 0 fully saturated rings. The van der Waals surface area contributed by atoms with E-state index < -0.39 is 0 Å². The van der Waals surface area contributed by atoms with Gasteiger partial charge in [-0.15, -0.1) is 0 Å². The highest BCUT2D eigenvalue weighted by molar-refractivity contribution is 4.97. The lowest BCUT2D eigenvalue weighted by Gasteiger charge is -1.84. The van der Waals surface area contributed by atoms with Gasteiger partial charge in [-0.3, -0.25) is 0 Å². The van der Waals surface area contributed by atoms with Gasteiger partial charge in [0, 0.05) is 0 Å². The van der Waals surface area contributed by atoms with Crippen LogP contribution >= 0.6 is 0 Å². The van der Waals surface area contributed by atoms with Gasteiger partial charge in [0.05, 0.1) is 6.54 Å². The summed E-state index contributed by atoms with van der Waals surface area (Å²) in [4.78, 5) is 4.64. The van der Waals surface area contributed by atoms with Crippen molar-refractivity contribution in [2.75, 3.05) is 6.54 Å². The van der Waals surface area contributed by atoms with Crippen molar-refractivity contribution in [3.63, 3.8) is 0 Å². The molecular formula is C4H7NO. The van der Waals surface area contributed by atoms with Crippen LogP contribution in [-0.2, 0) is 4.84 Å². The van der Waals surface area contributed by atoms with E-state index >= 15 is 0 Å². The molecule has 0 aliphatic carbocycles. The van der Waals surface area contributed by atoms with Crippen LogP contribution in [0.1, 0.15) is 6.92 Å². The van der Waals surface area contributed by atoms with Crippen LogP contribution in [0.2, 0.25) is 0 Å². The molecule has 0 radical (unpaired) electrons. The van der Waals surface area contributed by atoms with Crippen molar-refractivity contribution in [1.29, 1.82) is 0 Å². The second kappa shape index (κ2) is 1.30. The van der Waals surface area contributed by atoms with Crippen molar-refractivity contribution < 1.29 is 4.84 Å². The van der Waals surface area contributed by atoms with E-state index in [1.807, 2.05) is 6.92 Å². The van der Waals surface area contributed by atoms with Gasteiger partial charge in [-0.25, -0.2) is 0 Å². The first-order valence-electron chi connectivity index (χ1n) is 1.94. The highest BCUT2D eigenvalue weighted by atomic mass is 16.6. The number of hydroxylamine groups is 1. The Kier molecular flexibility index (Phi) is 0.801. The molecule has 0 aromatic heterocycles. The van der Waals surface area contributed by atoms with Crippen molar-refractivity contribution in [2.24, 2.45) is 0 Å². The van der Waals surface area contributed by atoms with E-state index in [0.29, 0.717) is 0 Å². The van der Waals surface area contributed by atoms with E-state index in [4.69, 9.17) is 0 Å². The van der Waals surface area contributed by atoms with E-state index in [2.05, 4.69) is 10.3 Å². The molecule has 1 rings (SSSR count). The van der Waals surface area contributed by atoms with Crippen LogP contribution in [-0.4, -0.2) is 6.54 Å². The van der Waals surface area contributed by atoms with Crippen LogP contribution in [0.3, 0.4) is 0 Å². The van der Waals surface area contributed by atoms with Crippen molar-refractivity contribution in [1.82, 2.24) is 5.48 Å². The summed E-state index contributed by atoms with van der Waals surface area (Å²) in [6, 6.07) is 0. The zero-order valence-corrected chi connectivity index (χ0v) is 3.69. The van der Waals surface area contributed by atoms with E-state index in [-0.39, 0.29) is 0 Å². The van der Waals surface area contributed by atoms with Crippen LogP contribution in [0.4, 0.5) is 0 Å². The molecular weight excluding hydrogens is 78.0 g/mol. The minimum absolute atomic E-state index is 0.875. The van der Waals surface area contributed by atoms with Crippen molar-refractivity contribution in [2.45, 2.75) is 6.92 Å². The third-order valence-electron chi connectivity index (χ3n) is 0.694. The average Bonchev–Trinajstić information content (AvgIpc) is 1.86. The normalized spacial score (nSPS) is 19.8. The first-order valence-corrected chi connectivity index (χ1v) is 1.94. The maximum absolute atomic E-state index is 4.64. The molecule has 1 aliphatic heterocycles. The molecule has 0 bridgehead atoms. The number of rotatable bonds is 0. The zero-order chi connectivity index (χ0) is 4.41. The Morgan fingerprint density at radius 3 is 3.00 bits per heavy atom. The Morgan fingerprint density at radius 1 is 2.00 bits per heavy atom. The van der Waals surface area contributed by atoms with Crippen molar-refractivity contribution >= 4 is 0 Å². The molecule has 2 nitrogen and oxygen atoms in total. The quantitative estimate of drug-likeness (QED) is 0.460. The fourth-order valence-electron chi connectivity index (χ4n) is 0.339. The van der Waals surface area contributed by atoms with Gasteiger partial charge in [0.1, 0.15) is 6.26 Å². The molecule has 0 atom stereocenters. The largest absolute Gasteiger partial charge is 0.416 e. The van der Waals surface area contributed by atoms with Crippen LogP contribution in [0.25, 0.3) is 0 Å². The zero-order valence-electron chi connectivity index (χ0n) is 3.69. The average molecular weight is 85.1 g/mol. The van der Waals surface area contributed by atoms with E-state index in [9.17, 15) is 0 Å². The van der Waals surface area contributed by atoms with E-state index in [1.54, 1.807) is 6.26 Å². The topological polar surface area (TPSA) is 21.3 Å². The monoisotopic (exact) mass is 85.1 g/mol. The van der Waals surface area contributed by atoms with Gasteiger partial charge in [0.15, 0.2) is 0 Å². The Labute approximate surface area is 36.8 Å². The molecule has 0 unspecified atom stereocenters. The molecule has 1 N–H and O–H groups in total. The standard InChI is InChI=1S/C4H7NO/c1-4-2-5-6-3-4/h3,5H,2H2,1H3. The fourth-order valence-corrected chi connectivity index (χ4v) is 0.339. The molecule has 0 saturated heterocycles. The second-order valence-corrected chi connectivity index (χ2v) is 1.40. The lowest BCUT2D eigenvalue weighted by atomic mass is 10.4. The lowest BCUT2D eigenvalue weighted by molar-refractivity contribution is 0.168. The SMILES string of the molecule is CC1=CONC1. The minimum Gasteiger partial charge on any atom is -0.416 e. The maximum Gasteiger partial charge on any atom is 0.111 e. The van der Waals surface area contributed by atoms with Gasteiger partial charge in [0.25, 0.3) is 0 Å². The van der Waals surface area contributed by atoms with E-state index in [1.165, 1.54) is 5.57 Å². The summed E-state index contributed by atoms with van der Waals surface area (Å²) in [6.45, 7) is 2.89. The number of hydrogen-bond donors (Lipinski definition) is 1. The summed E-state index contributed by atoms with van der Waals surface area (Å²) >= 11 is 0. The summed E-state index contributed by atoms with van der Waals surface area (Å²) in [5.74, 6) is 0. The Bertz CT molecular complexity index is 77.6. The molecule has 0 amide bonds. The van der Waals surface area contributed by atoms with Crippen molar-refractivity contribution in [3.05, 3.63) is 11.8 Å². The summed E-state index contributed by atoms with van der Waals surface area (Å²) in [7, 11) is 0. The first kappa shape index (κ1) is 3.68. The Hall–Kier alpha value is -0.500. The molecule has 34 valence electrons. The smallest absolute Gasteiger partial charge is 0.111 e. The molecule has 2 heteroatoms. The lowest BCUT2D eigenvalue weighted by Crippen LogP contribution is -2.04. The minimum atomic E-state index is 0.875. The summed E-state index contributed by atoms with van der Waals surface area (Å²) in [6.07, 6.45) is 1.71. The summed E-state index contributed by atoms with van der Waals surface area (Å²) < 4.78 is 0. The molecule has 0 aromatic carbocycles. The number of nitrogens with one attached hydrogen (secondary N) is 1. The summed E-state index contributed by atoms with van der Waals surface area (Å²) in [5.41, 5.74) is 3.92. The van der Waals surface area contributed by atoms with E-state index in [0.717, 1.165) is 6.54 Å². The second-order valence-electron chi connectivity index (χ2n) is 1.40. The van der Waals surface area contributed by atoms with Gasteiger partial charge in [-0.05, 0) is 12.5 Å². The van der Waals surface area contributed by atoms with Gasteiger partial charge >= 0.3 is 0 Å². The maximum atomic E-state index is 4.64. The van der Waals surface area contributed by atoms with Gasteiger partial charge in [-0.2, -0.15) is 5.48 Å². The van der Waals surface area contributed by atoms with Crippen LogP contribution < -0.4 is 5.48 Å². The molecule has 6 heavy (non-hydrogen) atoms. The molecule has 0 spiro atoms. The van der Waals surface area contributed by atoms with Crippen LogP contribution in [0, 0.1) is 0 Å². The number of hydrogen-bond acceptors (Lipinski definition) is 2. The van der Waals surface area contributed by atoms with Gasteiger partial charge < -0.3 is 4.84 Å². The summed E-state index contributed by atoms with van der Waals surface area (Å²) in [5, 5.41) is 0. The molecule has 0 saturated carbocycles. The highest BCUT2D eigenvalue weighted by Crippen LogP contribution is 1.94. The Morgan fingerprint density at radius 2 is 2.83 bits per heavy atom. The first-order chi connectivity index (χ1) is 2.89. The predicted molar refractivity (Wildman–Crippen MR) is 22.8 cm³/mol. The fraction of sp³-hybridized carbons (Fsp3) is 0.500. The molecule has 1 heterocycles. The third kappa shape index (κ3) is 0.518. The van der Waals surface area contributed by atoms with Crippen LogP contribution in [0.15, 0.2) is 11.8 Å². The van der Waals surface area contributed by atoms with Crippen LogP contribution in [0.5, 0.6) is 0 Å².